The summed E-state index contributed by atoms with van der Waals surface area (Å²) in [6.07, 6.45) is 0.505. The fraction of sp³-hybridized carbons (Fsp3) is 0.0833. The Morgan fingerprint density at radius 2 is 1.69 bits per heavy atom. The molecule has 3 aromatic carbocycles. The third-order valence-corrected chi connectivity index (χ3v) is 4.73. The van der Waals surface area contributed by atoms with E-state index in [1.807, 2.05) is 72.8 Å². The highest BCUT2D eigenvalue weighted by atomic mass is 16.5. The first-order valence-electron chi connectivity index (χ1n) is 9.32. The first-order chi connectivity index (χ1) is 14.2. The second kappa shape index (κ2) is 8.54. The van der Waals surface area contributed by atoms with E-state index in [1.165, 1.54) is 0 Å². The Morgan fingerprint density at radius 1 is 0.897 bits per heavy atom. The molecule has 0 atom stereocenters. The predicted molar refractivity (Wildman–Crippen MR) is 111 cm³/mol. The zero-order chi connectivity index (χ0) is 20.1. The number of aromatic nitrogens is 1. The van der Waals surface area contributed by atoms with Crippen molar-refractivity contribution < 1.29 is 14.7 Å². The lowest BCUT2D eigenvalue weighted by atomic mass is 9.98. The van der Waals surface area contributed by atoms with Crippen LogP contribution in [-0.2, 0) is 13.0 Å². The van der Waals surface area contributed by atoms with Gasteiger partial charge < -0.3 is 4.74 Å². The van der Waals surface area contributed by atoms with Crippen LogP contribution < -0.4 is 10.2 Å². The fourth-order valence-corrected chi connectivity index (χ4v) is 3.30. The number of ether oxygens (including phenoxy) is 1. The molecule has 0 aliphatic heterocycles. The number of fused-ring (bicyclic) bond motifs is 1. The minimum atomic E-state index is -0.565. The lowest BCUT2D eigenvalue weighted by molar-refractivity contribution is 0.0705. The standard InChI is InChI=1S/C24H20N2O3/c27-24(26-28)20-10-6-12-23(21(20)15-17-7-2-1-3-8-17)29-16-19-14-13-18-9-4-5-11-22(18)25-19/h1-14,28H,15-16H2,(H,26,27). The van der Waals surface area contributed by atoms with Gasteiger partial charge in [0.2, 0.25) is 0 Å². The lowest BCUT2D eigenvalue weighted by Crippen LogP contribution is -2.21. The monoisotopic (exact) mass is 384 g/mol. The topological polar surface area (TPSA) is 71.5 Å². The lowest BCUT2D eigenvalue weighted by Gasteiger charge is -2.15. The van der Waals surface area contributed by atoms with Gasteiger partial charge in [-0.1, -0.05) is 60.7 Å². The van der Waals surface area contributed by atoms with Crippen LogP contribution in [0.25, 0.3) is 10.9 Å². The molecule has 0 radical (unpaired) electrons. The molecule has 0 saturated heterocycles. The molecule has 144 valence electrons. The maximum atomic E-state index is 12.2. The van der Waals surface area contributed by atoms with Gasteiger partial charge in [-0.05, 0) is 29.8 Å². The Hall–Kier alpha value is -3.70. The Bertz CT molecular complexity index is 1140. The SMILES string of the molecule is O=C(NO)c1cccc(OCc2ccc3ccccc3n2)c1Cc1ccccc1. The molecule has 0 saturated carbocycles. The van der Waals surface area contributed by atoms with Crippen LogP contribution in [0.2, 0.25) is 0 Å². The third-order valence-electron chi connectivity index (χ3n) is 4.73. The molecule has 1 aromatic heterocycles. The summed E-state index contributed by atoms with van der Waals surface area (Å²) in [5.74, 6) is 0.0233. The highest BCUT2D eigenvalue weighted by molar-refractivity contribution is 5.95. The average molecular weight is 384 g/mol. The van der Waals surface area contributed by atoms with Crippen molar-refractivity contribution in [1.29, 1.82) is 0 Å². The highest BCUT2D eigenvalue weighted by Crippen LogP contribution is 2.27. The normalized spacial score (nSPS) is 10.7. The molecule has 2 N–H and O–H groups in total. The number of para-hydroxylation sites is 1. The van der Waals surface area contributed by atoms with E-state index in [0.717, 1.165) is 22.2 Å². The zero-order valence-corrected chi connectivity index (χ0v) is 15.7. The first kappa shape index (κ1) is 18.7. The van der Waals surface area contributed by atoms with Crippen LogP contribution >= 0.6 is 0 Å². The quantitative estimate of drug-likeness (QED) is 0.379. The van der Waals surface area contributed by atoms with Gasteiger partial charge >= 0.3 is 0 Å². The van der Waals surface area contributed by atoms with Gasteiger partial charge in [0, 0.05) is 22.9 Å². The molecule has 5 heteroatoms. The summed E-state index contributed by atoms with van der Waals surface area (Å²) in [5.41, 5.74) is 5.56. The second-order valence-corrected chi connectivity index (χ2v) is 6.67. The van der Waals surface area contributed by atoms with Crippen LogP contribution in [0.1, 0.15) is 27.2 Å². The van der Waals surface area contributed by atoms with Gasteiger partial charge in [0.15, 0.2) is 0 Å². The Kier molecular flexibility index (Phi) is 5.49. The summed E-state index contributed by atoms with van der Waals surface area (Å²) in [7, 11) is 0. The molecule has 0 unspecified atom stereocenters. The van der Waals surface area contributed by atoms with Crippen LogP contribution in [0.5, 0.6) is 5.75 Å². The smallest absolute Gasteiger partial charge is 0.275 e. The molecule has 0 fully saturated rings. The molecule has 4 rings (SSSR count). The van der Waals surface area contributed by atoms with E-state index in [4.69, 9.17) is 9.94 Å². The van der Waals surface area contributed by atoms with E-state index in [2.05, 4.69) is 4.98 Å². The van der Waals surface area contributed by atoms with E-state index < -0.39 is 5.91 Å². The maximum Gasteiger partial charge on any atom is 0.275 e. The minimum Gasteiger partial charge on any atom is -0.487 e. The number of nitrogens with one attached hydrogen (secondary N) is 1. The molecular formula is C24H20N2O3. The van der Waals surface area contributed by atoms with Gasteiger partial charge in [-0.3, -0.25) is 10.0 Å². The van der Waals surface area contributed by atoms with Crippen LogP contribution in [0.4, 0.5) is 0 Å². The summed E-state index contributed by atoms with van der Waals surface area (Å²) in [5, 5.41) is 10.2. The molecule has 0 spiro atoms. The number of carbonyl (C=O) groups excluding carboxylic acids is 1. The summed E-state index contributed by atoms with van der Waals surface area (Å²) in [4.78, 5) is 16.8. The zero-order valence-electron chi connectivity index (χ0n) is 15.7. The van der Waals surface area contributed by atoms with Crippen molar-refractivity contribution >= 4 is 16.8 Å². The van der Waals surface area contributed by atoms with Gasteiger partial charge in [0.25, 0.3) is 5.91 Å². The average Bonchev–Trinajstić information content (AvgIpc) is 2.78. The van der Waals surface area contributed by atoms with E-state index >= 15 is 0 Å². The molecule has 1 heterocycles. The van der Waals surface area contributed by atoms with Crippen LogP contribution in [0, 0.1) is 0 Å². The molecule has 29 heavy (non-hydrogen) atoms. The van der Waals surface area contributed by atoms with Crippen molar-refractivity contribution in [3.8, 4) is 5.75 Å². The molecule has 5 nitrogen and oxygen atoms in total. The Morgan fingerprint density at radius 3 is 2.52 bits per heavy atom. The van der Waals surface area contributed by atoms with Gasteiger partial charge in [0.05, 0.1) is 11.2 Å². The maximum absolute atomic E-state index is 12.2. The number of hydrogen-bond donors (Lipinski definition) is 2. The van der Waals surface area contributed by atoms with E-state index in [0.29, 0.717) is 23.3 Å². The summed E-state index contributed by atoms with van der Waals surface area (Å²) in [6, 6.07) is 26.9. The first-order valence-corrected chi connectivity index (χ1v) is 9.32. The fourth-order valence-electron chi connectivity index (χ4n) is 3.30. The number of hydrogen-bond acceptors (Lipinski definition) is 4. The van der Waals surface area contributed by atoms with Crippen LogP contribution in [-0.4, -0.2) is 16.1 Å². The number of nitrogens with zero attached hydrogens (tertiary/aromatic N) is 1. The van der Waals surface area contributed by atoms with E-state index in [9.17, 15) is 4.79 Å². The summed E-state index contributed by atoms with van der Waals surface area (Å²) < 4.78 is 6.06. The van der Waals surface area contributed by atoms with Gasteiger partial charge in [-0.15, -0.1) is 0 Å². The van der Waals surface area contributed by atoms with Gasteiger partial charge in [-0.2, -0.15) is 0 Å². The van der Waals surface area contributed by atoms with Crippen LogP contribution in [0.3, 0.4) is 0 Å². The number of rotatable bonds is 6. The number of carbonyl (C=O) groups is 1. The van der Waals surface area contributed by atoms with Crippen molar-refractivity contribution in [2.24, 2.45) is 0 Å². The molecule has 0 bridgehead atoms. The number of amides is 1. The molecule has 0 aliphatic carbocycles. The van der Waals surface area contributed by atoms with Crippen molar-refractivity contribution in [3.05, 3.63) is 107 Å². The predicted octanol–water partition coefficient (Wildman–Crippen LogP) is 4.52. The second-order valence-electron chi connectivity index (χ2n) is 6.67. The highest BCUT2D eigenvalue weighted by Gasteiger charge is 2.16. The van der Waals surface area contributed by atoms with Crippen molar-refractivity contribution in [2.75, 3.05) is 0 Å². The molecule has 4 aromatic rings. The van der Waals surface area contributed by atoms with Crippen molar-refractivity contribution in [2.45, 2.75) is 13.0 Å². The van der Waals surface area contributed by atoms with Crippen molar-refractivity contribution in [1.82, 2.24) is 10.5 Å². The number of benzene rings is 3. The van der Waals surface area contributed by atoms with Gasteiger partial charge in [0.1, 0.15) is 12.4 Å². The molecule has 0 aliphatic rings. The Labute approximate surface area is 168 Å². The molecular weight excluding hydrogens is 364 g/mol. The number of pyridine rings is 1. The molecule has 1 amide bonds. The minimum absolute atomic E-state index is 0.275. The van der Waals surface area contributed by atoms with E-state index in [-0.39, 0.29) is 6.61 Å². The Balaban J connectivity index is 1.63. The van der Waals surface area contributed by atoms with Crippen molar-refractivity contribution in [3.63, 3.8) is 0 Å². The van der Waals surface area contributed by atoms with Gasteiger partial charge in [-0.25, -0.2) is 10.5 Å². The summed E-state index contributed by atoms with van der Waals surface area (Å²) in [6.45, 7) is 0.275. The largest absolute Gasteiger partial charge is 0.487 e. The third kappa shape index (κ3) is 4.25. The summed E-state index contributed by atoms with van der Waals surface area (Å²) >= 11 is 0. The van der Waals surface area contributed by atoms with Crippen LogP contribution in [0.15, 0.2) is 84.9 Å². The number of hydroxylamine groups is 1. The van der Waals surface area contributed by atoms with E-state index in [1.54, 1.807) is 17.6 Å².